The van der Waals surface area contributed by atoms with Gasteiger partial charge in [0.05, 0.1) is 17.7 Å². The van der Waals surface area contributed by atoms with Gasteiger partial charge in [-0.15, -0.1) is 0 Å². The van der Waals surface area contributed by atoms with Crippen molar-refractivity contribution in [2.45, 2.75) is 24.6 Å². The van der Waals surface area contributed by atoms with Crippen LogP contribution in [0.15, 0.2) is 24.3 Å². The zero-order chi connectivity index (χ0) is 12.1. The van der Waals surface area contributed by atoms with E-state index in [1.54, 1.807) is 0 Å². The molecule has 4 atom stereocenters. The summed E-state index contributed by atoms with van der Waals surface area (Å²) < 4.78 is 10.2. The minimum Gasteiger partial charge on any atom is -0.376 e. The molecular weight excluding hydrogens is 246 g/mol. The van der Waals surface area contributed by atoms with Crippen LogP contribution in [0.5, 0.6) is 0 Å². The Morgan fingerprint density at radius 1 is 1.39 bits per heavy atom. The molecule has 3 N–H and O–H groups in total. The number of aromatic nitrogens is 1. The van der Waals surface area contributed by atoms with Crippen LogP contribution < -0.4 is 11.1 Å². The fraction of sp³-hybridized carbons (Fsp3) is 0.462. The van der Waals surface area contributed by atoms with E-state index < -0.39 is 0 Å². The van der Waals surface area contributed by atoms with Crippen molar-refractivity contribution in [3.63, 3.8) is 0 Å². The minimum atomic E-state index is 0.207. The lowest BCUT2D eigenvalue weighted by Crippen LogP contribution is -2.65. The Balaban J connectivity index is 1.61. The molecule has 1 aromatic heterocycles. The predicted molar refractivity (Wildman–Crippen MR) is 72.9 cm³/mol. The number of nitrogens with two attached hydrogens (primary N) is 1. The summed E-state index contributed by atoms with van der Waals surface area (Å²) in [5.41, 5.74) is 7.25. The van der Waals surface area contributed by atoms with Gasteiger partial charge in [0.15, 0.2) is 0 Å². The number of nitrogens with one attached hydrogen (secondary N) is 1. The Bertz CT molecular complexity index is 584. The maximum Gasteiger partial charge on any atom is 0.117 e. The minimum absolute atomic E-state index is 0.207. The summed E-state index contributed by atoms with van der Waals surface area (Å²) in [7, 11) is 0. The Morgan fingerprint density at radius 3 is 3.22 bits per heavy atom. The summed E-state index contributed by atoms with van der Waals surface area (Å²) in [6, 6.07) is 8.62. The van der Waals surface area contributed by atoms with E-state index in [-0.39, 0.29) is 12.1 Å². The van der Waals surface area contributed by atoms with Crippen LogP contribution in [-0.4, -0.2) is 29.2 Å². The van der Waals surface area contributed by atoms with Gasteiger partial charge >= 0.3 is 0 Å². The molecule has 4 rings (SSSR count). The number of nitrogens with zero attached hydrogens (tertiary/aromatic N) is 1. The molecule has 1 aromatic carbocycles. The van der Waals surface area contributed by atoms with Crippen LogP contribution in [0.2, 0.25) is 0 Å². The maximum atomic E-state index is 6.21. The van der Waals surface area contributed by atoms with E-state index in [2.05, 4.69) is 15.8 Å². The molecule has 0 spiro atoms. The highest BCUT2D eigenvalue weighted by Gasteiger charge is 2.52. The Labute approximate surface area is 109 Å². The van der Waals surface area contributed by atoms with Crippen LogP contribution >= 0.6 is 11.5 Å². The SMILES string of the molecule is NC1C2CCOC2C1Nc1snc2ccccc12. The number of fused-ring (bicyclic) bond motifs is 2. The molecule has 4 nitrogen and oxygen atoms in total. The van der Waals surface area contributed by atoms with E-state index >= 15 is 0 Å². The first-order valence-electron chi connectivity index (χ1n) is 6.33. The second kappa shape index (κ2) is 3.91. The predicted octanol–water partition coefficient (Wildman–Crippen LogP) is 1.82. The van der Waals surface area contributed by atoms with Crippen molar-refractivity contribution in [1.29, 1.82) is 0 Å². The summed E-state index contributed by atoms with van der Waals surface area (Å²) in [5, 5.41) is 5.82. The van der Waals surface area contributed by atoms with E-state index in [4.69, 9.17) is 10.5 Å². The molecule has 0 radical (unpaired) electrons. The smallest absolute Gasteiger partial charge is 0.117 e. The third kappa shape index (κ3) is 1.41. The lowest BCUT2D eigenvalue weighted by molar-refractivity contribution is 0.00554. The van der Waals surface area contributed by atoms with Gasteiger partial charge in [0.25, 0.3) is 0 Å². The molecule has 1 saturated heterocycles. The summed E-state index contributed by atoms with van der Waals surface area (Å²) in [5.74, 6) is 0.543. The Kier molecular flexibility index (Phi) is 2.33. The number of rotatable bonds is 2. The van der Waals surface area contributed by atoms with Crippen molar-refractivity contribution in [2.24, 2.45) is 11.7 Å². The van der Waals surface area contributed by atoms with Crippen molar-refractivity contribution in [1.82, 2.24) is 4.37 Å². The third-order valence-corrected chi connectivity index (χ3v) is 4.94. The van der Waals surface area contributed by atoms with Gasteiger partial charge in [0.2, 0.25) is 0 Å². The van der Waals surface area contributed by atoms with Crippen LogP contribution in [-0.2, 0) is 4.74 Å². The molecular formula is C13H15N3OS. The number of benzene rings is 1. The standard InChI is InChI=1S/C13H15N3OS/c14-10-8-5-6-17-12(8)11(10)15-13-7-3-1-2-4-9(7)16-18-13/h1-4,8,10-12,15H,5-6,14H2. The summed E-state index contributed by atoms with van der Waals surface area (Å²) in [6.45, 7) is 0.852. The molecule has 0 amide bonds. The normalized spacial score (nSPS) is 34.3. The lowest BCUT2D eigenvalue weighted by atomic mass is 9.72. The average molecular weight is 261 g/mol. The first-order chi connectivity index (χ1) is 8.84. The monoisotopic (exact) mass is 261 g/mol. The molecule has 1 aliphatic heterocycles. The van der Waals surface area contributed by atoms with Gasteiger partial charge < -0.3 is 15.8 Å². The van der Waals surface area contributed by atoms with Crippen molar-refractivity contribution >= 4 is 27.4 Å². The molecule has 2 aromatic rings. The molecule has 5 heteroatoms. The zero-order valence-corrected chi connectivity index (χ0v) is 10.7. The van der Waals surface area contributed by atoms with Gasteiger partial charge in [-0.25, -0.2) is 0 Å². The summed E-state index contributed by atoms with van der Waals surface area (Å²) >= 11 is 1.50. The van der Waals surface area contributed by atoms with Crippen LogP contribution in [0.4, 0.5) is 5.00 Å². The molecule has 2 heterocycles. The molecule has 0 bridgehead atoms. The average Bonchev–Trinajstić information content (AvgIpc) is 3.00. The van der Waals surface area contributed by atoms with E-state index in [1.165, 1.54) is 16.9 Å². The quantitative estimate of drug-likeness (QED) is 0.865. The van der Waals surface area contributed by atoms with Crippen LogP contribution in [0.3, 0.4) is 0 Å². The number of hydrogen-bond donors (Lipinski definition) is 2. The summed E-state index contributed by atoms with van der Waals surface area (Å²) in [4.78, 5) is 0. The maximum absolute atomic E-state index is 6.21. The van der Waals surface area contributed by atoms with Gasteiger partial charge in [-0.1, -0.05) is 12.1 Å². The number of hydrogen-bond acceptors (Lipinski definition) is 5. The third-order valence-electron chi connectivity index (χ3n) is 4.13. The van der Waals surface area contributed by atoms with E-state index in [9.17, 15) is 0 Å². The highest BCUT2D eigenvalue weighted by atomic mass is 32.1. The first kappa shape index (κ1) is 10.7. The van der Waals surface area contributed by atoms with Gasteiger partial charge in [-0.3, -0.25) is 0 Å². The largest absolute Gasteiger partial charge is 0.376 e. The van der Waals surface area contributed by atoms with Gasteiger partial charge in [0, 0.05) is 24.0 Å². The van der Waals surface area contributed by atoms with E-state index in [0.29, 0.717) is 12.0 Å². The number of anilines is 1. The van der Waals surface area contributed by atoms with Crippen molar-refractivity contribution in [3.8, 4) is 0 Å². The van der Waals surface area contributed by atoms with Gasteiger partial charge in [0.1, 0.15) is 5.00 Å². The van der Waals surface area contributed by atoms with Crippen molar-refractivity contribution in [3.05, 3.63) is 24.3 Å². The second-order valence-electron chi connectivity index (χ2n) is 5.06. The van der Waals surface area contributed by atoms with Gasteiger partial charge in [-0.2, -0.15) is 4.37 Å². The molecule has 2 fully saturated rings. The zero-order valence-electron chi connectivity index (χ0n) is 9.87. The number of ether oxygens (including phenoxy) is 1. The second-order valence-corrected chi connectivity index (χ2v) is 5.84. The Hall–Kier alpha value is -1.17. The molecule has 94 valence electrons. The van der Waals surface area contributed by atoms with E-state index in [0.717, 1.165) is 23.5 Å². The first-order valence-corrected chi connectivity index (χ1v) is 7.10. The Morgan fingerprint density at radius 2 is 2.28 bits per heavy atom. The molecule has 1 aliphatic carbocycles. The lowest BCUT2D eigenvalue weighted by Gasteiger charge is -2.45. The van der Waals surface area contributed by atoms with Crippen molar-refractivity contribution < 1.29 is 4.74 Å². The van der Waals surface area contributed by atoms with Crippen LogP contribution in [0, 0.1) is 5.92 Å². The fourth-order valence-corrected chi connectivity index (χ4v) is 3.88. The van der Waals surface area contributed by atoms with Crippen LogP contribution in [0.25, 0.3) is 10.9 Å². The highest BCUT2D eigenvalue weighted by Crippen LogP contribution is 2.40. The molecule has 4 unspecified atom stereocenters. The topological polar surface area (TPSA) is 60.2 Å². The summed E-state index contributed by atoms with van der Waals surface area (Å²) in [6.07, 6.45) is 1.40. The highest BCUT2D eigenvalue weighted by molar-refractivity contribution is 7.11. The van der Waals surface area contributed by atoms with Gasteiger partial charge in [-0.05, 0) is 30.1 Å². The van der Waals surface area contributed by atoms with Crippen LogP contribution in [0.1, 0.15) is 6.42 Å². The van der Waals surface area contributed by atoms with E-state index in [1.807, 2.05) is 18.2 Å². The fourth-order valence-electron chi connectivity index (χ4n) is 3.07. The molecule has 1 saturated carbocycles. The molecule has 18 heavy (non-hydrogen) atoms. The van der Waals surface area contributed by atoms with Crippen molar-refractivity contribution in [2.75, 3.05) is 11.9 Å². The molecule has 2 aliphatic rings.